The molecule has 0 aliphatic heterocycles. The maximum absolute atomic E-state index is 11.3. The number of nitrogens with one attached hydrogen (secondary N) is 1. The Morgan fingerprint density at radius 1 is 1.33 bits per heavy atom. The minimum Gasteiger partial charge on any atom is -0.382 e. The molecule has 0 unspecified atom stereocenters. The molecule has 3 N–H and O–H groups in total. The molecule has 0 amide bonds. The molecule has 1 heterocycles. The van der Waals surface area contributed by atoms with E-state index in [9.17, 15) is 4.79 Å². The van der Waals surface area contributed by atoms with Gasteiger partial charge in [0, 0.05) is 0 Å². The van der Waals surface area contributed by atoms with E-state index in [1.54, 1.807) is 18.2 Å². The molecular weight excluding hydrogens is 192 g/mol. The molecule has 0 aliphatic carbocycles. The van der Waals surface area contributed by atoms with Crippen LogP contribution in [0.1, 0.15) is 5.56 Å². The molecule has 0 radical (unpaired) electrons. The maximum atomic E-state index is 11.3. The van der Waals surface area contributed by atoms with Gasteiger partial charge in [-0.05, 0) is 12.1 Å². The zero-order valence-electron chi connectivity index (χ0n) is 7.77. The predicted molar refractivity (Wildman–Crippen MR) is 55.5 cm³/mol. The number of aromatic nitrogens is 2. The van der Waals surface area contributed by atoms with Gasteiger partial charge < -0.3 is 5.73 Å². The number of benzene rings is 1. The van der Waals surface area contributed by atoms with Crippen LogP contribution in [0.15, 0.2) is 35.1 Å². The van der Waals surface area contributed by atoms with Crippen molar-refractivity contribution in [3.05, 3.63) is 46.2 Å². The number of H-pyrrole nitrogens is 1. The first-order valence-corrected chi connectivity index (χ1v) is 4.30. The SMILES string of the molecule is N#Cc1c(N)n(-c2ccccc2)[nH]c1=O. The van der Waals surface area contributed by atoms with E-state index >= 15 is 0 Å². The van der Waals surface area contributed by atoms with Crippen molar-refractivity contribution in [1.29, 1.82) is 5.26 Å². The van der Waals surface area contributed by atoms with Gasteiger partial charge in [-0.15, -0.1) is 0 Å². The van der Waals surface area contributed by atoms with Gasteiger partial charge >= 0.3 is 0 Å². The van der Waals surface area contributed by atoms with Gasteiger partial charge in [0.05, 0.1) is 5.69 Å². The maximum Gasteiger partial charge on any atom is 0.284 e. The number of nitrogens with two attached hydrogens (primary N) is 1. The van der Waals surface area contributed by atoms with E-state index < -0.39 is 5.56 Å². The van der Waals surface area contributed by atoms with Gasteiger partial charge in [0.25, 0.3) is 5.56 Å². The third-order valence-corrected chi connectivity index (χ3v) is 2.06. The number of hydrogen-bond acceptors (Lipinski definition) is 3. The molecule has 0 spiro atoms. The second-order valence-corrected chi connectivity index (χ2v) is 2.98. The van der Waals surface area contributed by atoms with Crippen LogP contribution in [0.5, 0.6) is 0 Å². The number of nitrogens with zero attached hydrogens (tertiary/aromatic N) is 2. The smallest absolute Gasteiger partial charge is 0.284 e. The summed E-state index contributed by atoms with van der Waals surface area (Å²) >= 11 is 0. The number of hydrogen-bond donors (Lipinski definition) is 2. The van der Waals surface area contributed by atoms with Gasteiger partial charge in [0.2, 0.25) is 0 Å². The Hall–Kier alpha value is -2.48. The molecule has 2 rings (SSSR count). The Kier molecular flexibility index (Phi) is 2.03. The van der Waals surface area contributed by atoms with Crippen LogP contribution in [-0.2, 0) is 0 Å². The molecule has 0 atom stereocenters. The summed E-state index contributed by atoms with van der Waals surface area (Å²) in [6.07, 6.45) is 0. The number of para-hydroxylation sites is 1. The van der Waals surface area contributed by atoms with Gasteiger partial charge in [-0.3, -0.25) is 9.89 Å². The van der Waals surface area contributed by atoms with Gasteiger partial charge in [0.1, 0.15) is 11.9 Å². The molecule has 1 aromatic carbocycles. The lowest BCUT2D eigenvalue weighted by Crippen LogP contribution is -2.05. The molecule has 0 saturated carbocycles. The highest BCUT2D eigenvalue weighted by Gasteiger charge is 2.11. The van der Waals surface area contributed by atoms with Crippen molar-refractivity contribution in [3.8, 4) is 11.8 Å². The molecule has 15 heavy (non-hydrogen) atoms. The predicted octanol–water partition coefficient (Wildman–Crippen LogP) is 0.619. The summed E-state index contributed by atoms with van der Waals surface area (Å²) in [6.45, 7) is 0. The fourth-order valence-corrected chi connectivity index (χ4v) is 1.33. The Balaban J connectivity index is 2.67. The summed E-state index contributed by atoms with van der Waals surface area (Å²) in [5, 5.41) is 11.2. The van der Waals surface area contributed by atoms with E-state index in [1.165, 1.54) is 4.68 Å². The molecule has 1 aromatic heterocycles. The van der Waals surface area contributed by atoms with Crippen LogP contribution < -0.4 is 11.3 Å². The lowest BCUT2D eigenvalue weighted by molar-refractivity contribution is 0.874. The molecule has 0 aliphatic rings. The highest BCUT2D eigenvalue weighted by atomic mass is 16.1. The first-order valence-electron chi connectivity index (χ1n) is 4.30. The second-order valence-electron chi connectivity index (χ2n) is 2.98. The summed E-state index contributed by atoms with van der Waals surface area (Å²) in [4.78, 5) is 11.3. The van der Waals surface area contributed by atoms with Crippen LogP contribution in [-0.4, -0.2) is 9.78 Å². The third kappa shape index (κ3) is 1.38. The fraction of sp³-hybridized carbons (Fsp3) is 0. The Labute approximate surface area is 85.4 Å². The summed E-state index contributed by atoms with van der Waals surface area (Å²) in [6, 6.07) is 10.8. The van der Waals surface area contributed by atoms with Crippen LogP contribution in [0.3, 0.4) is 0 Å². The van der Waals surface area contributed by atoms with Crippen molar-refractivity contribution < 1.29 is 0 Å². The van der Waals surface area contributed by atoms with Crippen molar-refractivity contribution in [2.45, 2.75) is 0 Å². The summed E-state index contributed by atoms with van der Waals surface area (Å²) in [5.41, 5.74) is 5.84. The van der Waals surface area contributed by atoms with Crippen LogP contribution in [0.25, 0.3) is 5.69 Å². The van der Waals surface area contributed by atoms with Crippen LogP contribution in [0.2, 0.25) is 0 Å². The van der Waals surface area contributed by atoms with E-state index in [4.69, 9.17) is 11.0 Å². The quantitative estimate of drug-likeness (QED) is 0.707. The van der Waals surface area contributed by atoms with Crippen molar-refractivity contribution in [2.75, 3.05) is 5.73 Å². The molecule has 5 heteroatoms. The minimum absolute atomic E-state index is 0.0566. The molecular formula is C10H8N4O. The Morgan fingerprint density at radius 2 is 2.00 bits per heavy atom. The first kappa shape index (κ1) is 9.09. The van der Waals surface area contributed by atoms with Crippen molar-refractivity contribution in [1.82, 2.24) is 9.78 Å². The normalized spacial score (nSPS) is 9.80. The van der Waals surface area contributed by atoms with E-state index in [-0.39, 0.29) is 11.4 Å². The largest absolute Gasteiger partial charge is 0.382 e. The average Bonchev–Trinajstić information content (AvgIpc) is 2.55. The molecule has 0 bridgehead atoms. The van der Waals surface area contributed by atoms with E-state index in [2.05, 4.69) is 5.10 Å². The number of aromatic amines is 1. The number of nitrogen functional groups attached to an aromatic ring is 1. The lowest BCUT2D eigenvalue weighted by Gasteiger charge is -2.03. The van der Waals surface area contributed by atoms with Gasteiger partial charge in [-0.2, -0.15) is 5.26 Å². The number of nitriles is 1. The van der Waals surface area contributed by atoms with Crippen LogP contribution in [0, 0.1) is 11.3 Å². The van der Waals surface area contributed by atoms with E-state index in [0.29, 0.717) is 5.69 Å². The number of anilines is 1. The summed E-state index contributed by atoms with van der Waals surface area (Å²) in [7, 11) is 0. The highest BCUT2D eigenvalue weighted by molar-refractivity contribution is 5.52. The lowest BCUT2D eigenvalue weighted by atomic mass is 10.3. The Morgan fingerprint density at radius 3 is 2.53 bits per heavy atom. The highest BCUT2D eigenvalue weighted by Crippen LogP contribution is 2.12. The van der Waals surface area contributed by atoms with Crippen molar-refractivity contribution in [2.24, 2.45) is 0 Å². The Bertz CT molecular complexity index is 574. The van der Waals surface area contributed by atoms with Gasteiger partial charge in [-0.1, -0.05) is 18.2 Å². The van der Waals surface area contributed by atoms with Crippen LogP contribution in [0.4, 0.5) is 5.82 Å². The summed E-state index contributed by atoms with van der Waals surface area (Å²) < 4.78 is 1.39. The van der Waals surface area contributed by atoms with Crippen LogP contribution >= 0.6 is 0 Å². The average molecular weight is 200 g/mol. The van der Waals surface area contributed by atoms with E-state index in [1.807, 2.05) is 18.2 Å². The molecule has 74 valence electrons. The fourth-order valence-electron chi connectivity index (χ4n) is 1.33. The minimum atomic E-state index is -0.473. The topological polar surface area (TPSA) is 87.6 Å². The first-order chi connectivity index (χ1) is 7.24. The molecule has 2 aromatic rings. The second kappa shape index (κ2) is 3.35. The molecule has 0 saturated heterocycles. The van der Waals surface area contributed by atoms with Crippen molar-refractivity contribution in [3.63, 3.8) is 0 Å². The third-order valence-electron chi connectivity index (χ3n) is 2.06. The number of rotatable bonds is 1. The van der Waals surface area contributed by atoms with Crippen molar-refractivity contribution >= 4 is 5.82 Å². The van der Waals surface area contributed by atoms with Gasteiger partial charge in [0.15, 0.2) is 5.56 Å². The zero-order chi connectivity index (χ0) is 10.8. The molecule has 5 nitrogen and oxygen atoms in total. The van der Waals surface area contributed by atoms with Gasteiger partial charge in [-0.25, -0.2) is 4.68 Å². The monoisotopic (exact) mass is 200 g/mol. The zero-order valence-corrected chi connectivity index (χ0v) is 7.77. The molecule has 0 fully saturated rings. The summed E-state index contributed by atoms with van der Waals surface area (Å²) in [5.74, 6) is 0.133. The standard InChI is InChI=1S/C10H8N4O/c11-6-8-9(12)14(13-10(8)15)7-4-2-1-3-5-7/h1-5H,12H2,(H,13,15). The van der Waals surface area contributed by atoms with E-state index in [0.717, 1.165) is 0 Å².